The zero-order valence-corrected chi connectivity index (χ0v) is 20.8. The van der Waals surface area contributed by atoms with Crippen LogP contribution >= 0.6 is 0 Å². The topological polar surface area (TPSA) is 104 Å². The third-order valence-electron chi connectivity index (χ3n) is 6.81. The third-order valence-corrected chi connectivity index (χ3v) is 6.81. The van der Waals surface area contributed by atoms with E-state index in [9.17, 15) is 4.79 Å². The lowest BCUT2D eigenvalue weighted by Crippen LogP contribution is -2.77. The number of likely N-dealkylation sites (tertiary alicyclic amines) is 1. The molecule has 1 aromatic heterocycles. The Balaban J connectivity index is 1.51. The van der Waals surface area contributed by atoms with Crippen LogP contribution in [0.25, 0.3) is 0 Å². The number of rotatable bonds is 11. The molecule has 1 amide bonds. The van der Waals surface area contributed by atoms with Crippen LogP contribution in [-0.2, 0) is 30.2 Å². The van der Waals surface area contributed by atoms with Gasteiger partial charge in [0, 0.05) is 51.0 Å². The molecule has 1 aliphatic carbocycles. The Morgan fingerprint density at radius 1 is 1.20 bits per heavy atom. The fourth-order valence-corrected chi connectivity index (χ4v) is 4.85. The van der Waals surface area contributed by atoms with E-state index in [4.69, 9.17) is 23.7 Å². The lowest BCUT2D eigenvalue weighted by Gasteiger charge is -2.54. The van der Waals surface area contributed by atoms with Gasteiger partial charge in [0.1, 0.15) is 31.9 Å². The number of carbonyl (C=O) groups excluding carboxylic acids is 1. The Hall–Kier alpha value is -2.69. The Morgan fingerprint density at radius 2 is 2.03 bits per heavy atom. The molecule has 0 unspecified atom stereocenters. The average molecular weight is 489 g/mol. The van der Waals surface area contributed by atoms with E-state index in [1.807, 2.05) is 12.1 Å². The quantitative estimate of drug-likeness (QED) is 0.374. The molecular formula is C25H36N4O6. The van der Waals surface area contributed by atoms with Crippen LogP contribution in [0.2, 0.25) is 0 Å². The van der Waals surface area contributed by atoms with Crippen LogP contribution in [0, 0.1) is 5.92 Å². The molecule has 1 saturated carbocycles. The van der Waals surface area contributed by atoms with Crippen molar-refractivity contribution in [3.63, 3.8) is 0 Å². The predicted molar refractivity (Wildman–Crippen MR) is 129 cm³/mol. The molecule has 1 aromatic rings. The molecule has 0 bridgehead atoms. The Morgan fingerprint density at radius 3 is 2.74 bits per heavy atom. The van der Waals surface area contributed by atoms with Gasteiger partial charge >= 0.3 is 0 Å². The van der Waals surface area contributed by atoms with E-state index in [2.05, 4.69) is 22.2 Å². The summed E-state index contributed by atoms with van der Waals surface area (Å²) in [5, 5.41) is 3.06. The number of aliphatic imine (C=N–C) groups is 1. The monoisotopic (exact) mass is 488 g/mol. The van der Waals surface area contributed by atoms with E-state index in [1.165, 1.54) is 20.0 Å². The minimum atomic E-state index is -1.20. The van der Waals surface area contributed by atoms with Crippen molar-refractivity contribution >= 4 is 11.8 Å². The van der Waals surface area contributed by atoms with E-state index < -0.39 is 11.6 Å². The van der Waals surface area contributed by atoms with Gasteiger partial charge < -0.3 is 33.9 Å². The second-order valence-electron chi connectivity index (χ2n) is 9.34. The van der Waals surface area contributed by atoms with Gasteiger partial charge in [-0.05, 0) is 37.7 Å². The molecule has 2 atom stereocenters. The Bertz CT molecular complexity index is 917. The fraction of sp³-hybridized carbons (Fsp3) is 0.640. The molecule has 0 spiro atoms. The zero-order chi connectivity index (χ0) is 24.7. The largest absolute Gasteiger partial charge is 0.490 e. The first-order chi connectivity index (χ1) is 17.1. The zero-order valence-electron chi connectivity index (χ0n) is 20.8. The van der Waals surface area contributed by atoms with Crippen molar-refractivity contribution in [2.45, 2.75) is 56.8 Å². The van der Waals surface area contributed by atoms with Crippen LogP contribution in [0.15, 0.2) is 35.7 Å². The summed E-state index contributed by atoms with van der Waals surface area (Å²) in [6, 6.07) is 3.36. The number of β-lactam (4-membered cyclic amide) rings is 1. The van der Waals surface area contributed by atoms with Crippen LogP contribution in [0.4, 0.5) is 0 Å². The van der Waals surface area contributed by atoms with Gasteiger partial charge in [0.15, 0.2) is 5.60 Å². The number of amides is 1. The smallest absolute Gasteiger partial charge is 0.259 e. The first-order valence-electron chi connectivity index (χ1n) is 12.2. The van der Waals surface area contributed by atoms with E-state index in [1.54, 1.807) is 30.6 Å². The summed E-state index contributed by atoms with van der Waals surface area (Å²) < 4.78 is 28.7. The number of ether oxygens (including phenoxy) is 5. The molecule has 1 saturated heterocycles. The first-order valence-corrected chi connectivity index (χ1v) is 12.2. The molecule has 4 rings (SSSR count). The van der Waals surface area contributed by atoms with Gasteiger partial charge in [0.2, 0.25) is 5.90 Å². The van der Waals surface area contributed by atoms with Crippen molar-refractivity contribution in [2.24, 2.45) is 10.9 Å². The number of hydrogen-bond acceptors (Lipinski definition) is 9. The molecule has 0 radical (unpaired) electrons. The number of nitrogens with zero attached hydrogens (tertiary/aromatic N) is 3. The molecule has 2 aliphatic heterocycles. The van der Waals surface area contributed by atoms with Crippen LogP contribution in [0.5, 0.6) is 5.75 Å². The summed E-state index contributed by atoms with van der Waals surface area (Å²) in [5.41, 5.74) is -0.489. The maximum atomic E-state index is 13.4. The molecule has 1 N–H and O–H groups in total. The number of hydrogen-bond donors (Lipinski definition) is 1. The molecular weight excluding hydrogens is 452 g/mol. The summed E-state index contributed by atoms with van der Waals surface area (Å²) in [6.07, 6.45) is 10.0. The maximum Gasteiger partial charge on any atom is 0.259 e. The summed E-state index contributed by atoms with van der Waals surface area (Å²) in [7, 11) is 3.08. The van der Waals surface area contributed by atoms with Crippen molar-refractivity contribution in [3.05, 3.63) is 36.4 Å². The first kappa shape index (κ1) is 25.4. The molecule has 192 valence electrons. The summed E-state index contributed by atoms with van der Waals surface area (Å²) in [4.78, 5) is 23.7. The van der Waals surface area contributed by atoms with Crippen LogP contribution in [0.1, 0.15) is 38.3 Å². The standard InChI is InChI=1S/C25H36N4O6/c1-18-4-6-20(7-5-18)35-21-8-9-27-19(12-21)13-25(34-17-32-3)22(29(16-31-2)24(25)30)15-33-23-14-26-10-11-28-23/h8-12,18,20,22,26H,4-7,13-17H2,1-3H3/t18-,20-,22-,25+/m0/s1. The van der Waals surface area contributed by atoms with Gasteiger partial charge in [-0.15, -0.1) is 0 Å². The molecule has 3 aliphatic rings. The highest BCUT2D eigenvalue weighted by Crippen LogP contribution is 2.38. The second-order valence-corrected chi connectivity index (χ2v) is 9.34. The van der Waals surface area contributed by atoms with Crippen molar-refractivity contribution in [1.29, 1.82) is 0 Å². The lowest BCUT2D eigenvalue weighted by molar-refractivity contribution is -0.237. The predicted octanol–water partition coefficient (Wildman–Crippen LogP) is 2.25. The number of carbonyl (C=O) groups is 1. The highest BCUT2D eigenvalue weighted by Gasteiger charge is 2.62. The summed E-state index contributed by atoms with van der Waals surface area (Å²) in [6.45, 7) is 3.06. The Kier molecular flexibility index (Phi) is 8.59. The van der Waals surface area contributed by atoms with Gasteiger partial charge in [-0.2, -0.15) is 0 Å². The fourth-order valence-electron chi connectivity index (χ4n) is 4.85. The van der Waals surface area contributed by atoms with Gasteiger partial charge in [0.25, 0.3) is 5.91 Å². The number of aromatic nitrogens is 1. The second kappa shape index (κ2) is 11.8. The Labute approximate surface area is 206 Å². The van der Waals surface area contributed by atoms with Crippen molar-refractivity contribution < 1.29 is 28.5 Å². The summed E-state index contributed by atoms with van der Waals surface area (Å²) >= 11 is 0. The minimum absolute atomic E-state index is 0.0370. The minimum Gasteiger partial charge on any atom is -0.490 e. The normalized spacial score (nSPS) is 28.2. The highest BCUT2D eigenvalue weighted by atomic mass is 16.7. The van der Waals surface area contributed by atoms with Crippen molar-refractivity contribution in [1.82, 2.24) is 15.2 Å². The number of methoxy groups -OCH3 is 2. The van der Waals surface area contributed by atoms with Crippen LogP contribution < -0.4 is 10.1 Å². The van der Waals surface area contributed by atoms with Gasteiger partial charge in [-0.25, -0.2) is 4.99 Å². The molecule has 10 heteroatoms. The molecule has 35 heavy (non-hydrogen) atoms. The summed E-state index contributed by atoms with van der Waals surface area (Å²) in [5.74, 6) is 1.87. The molecule has 10 nitrogen and oxygen atoms in total. The van der Waals surface area contributed by atoms with Gasteiger partial charge in [-0.3, -0.25) is 9.78 Å². The molecule has 0 aromatic carbocycles. The van der Waals surface area contributed by atoms with Gasteiger partial charge in [-0.1, -0.05) is 6.92 Å². The number of nitrogens with one attached hydrogen (secondary N) is 1. The average Bonchev–Trinajstić information content (AvgIpc) is 2.88. The van der Waals surface area contributed by atoms with E-state index >= 15 is 0 Å². The highest BCUT2D eigenvalue weighted by molar-refractivity contribution is 5.93. The maximum absolute atomic E-state index is 13.4. The van der Waals surface area contributed by atoms with E-state index in [0.717, 1.165) is 24.5 Å². The molecule has 2 fully saturated rings. The lowest BCUT2D eigenvalue weighted by atomic mass is 9.78. The van der Waals surface area contributed by atoms with Gasteiger partial charge in [0.05, 0.1) is 12.6 Å². The molecule has 3 heterocycles. The van der Waals surface area contributed by atoms with E-state index in [-0.39, 0.29) is 38.6 Å². The third kappa shape index (κ3) is 5.94. The number of pyridine rings is 1. The van der Waals surface area contributed by atoms with Crippen LogP contribution in [0.3, 0.4) is 0 Å². The van der Waals surface area contributed by atoms with Crippen molar-refractivity contribution in [3.8, 4) is 5.75 Å². The SMILES string of the molecule is COCO[C@@]1(Cc2cc(O[C@H]3CC[C@H](C)CC3)ccn2)C(=O)N(COC)[C@H]1COC1=NC=CNC1. The van der Waals surface area contributed by atoms with Crippen molar-refractivity contribution in [2.75, 3.05) is 40.9 Å². The van der Waals surface area contributed by atoms with Crippen LogP contribution in [-0.4, -0.2) is 80.3 Å². The van der Waals surface area contributed by atoms with E-state index in [0.29, 0.717) is 18.1 Å².